The Balaban J connectivity index is 1.63. The molecule has 2 aromatic rings. The molecular weight excluding hydrogens is 384 g/mol. The lowest BCUT2D eigenvalue weighted by Crippen LogP contribution is -2.52. The Bertz CT molecular complexity index is 873. The third-order valence-corrected chi connectivity index (χ3v) is 5.78. The first-order chi connectivity index (χ1) is 13.8. The molecule has 0 aromatic heterocycles. The van der Waals surface area contributed by atoms with Crippen LogP contribution in [0.15, 0.2) is 36.4 Å². The number of aryl methyl sites for hydroxylation is 2. The summed E-state index contributed by atoms with van der Waals surface area (Å²) < 4.78 is 6.13. The average molecular weight is 415 g/mol. The highest BCUT2D eigenvalue weighted by Crippen LogP contribution is 2.29. The molecule has 2 aromatic carbocycles. The molecule has 1 fully saturated rings. The van der Waals surface area contributed by atoms with E-state index in [9.17, 15) is 4.79 Å². The van der Waals surface area contributed by atoms with Gasteiger partial charge in [0.05, 0.1) is 0 Å². The molecule has 0 saturated carbocycles. The molecule has 0 N–H and O–H groups in total. The first kappa shape index (κ1) is 21.5. The second-order valence-corrected chi connectivity index (χ2v) is 8.64. The summed E-state index contributed by atoms with van der Waals surface area (Å²) in [6, 6.07) is 12.2. The second-order valence-electron chi connectivity index (χ2n) is 8.20. The van der Waals surface area contributed by atoms with Gasteiger partial charge in [0.1, 0.15) is 5.75 Å². The predicted octanol–water partition coefficient (Wildman–Crippen LogP) is 5.20. The van der Waals surface area contributed by atoms with Crippen LogP contribution < -0.4 is 9.64 Å². The summed E-state index contributed by atoms with van der Waals surface area (Å²) in [7, 11) is 0. The summed E-state index contributed by atoms with van der Waals surface area (Å²) in [5, 5.41) is 0.741. The number of halogens is 1. The first-order valence-corrected chi connectivity index (χ1v) is 10.7. The van der Waals surface area contributed by atoms with Crippen LogP contribution in [0, 0.1) is 13.8 Å². The van der Waals surface area contributed by atoms with Gasteiger partial charge in [0.15, 0.2) is 6.10 Å². The summed E-state index contributed by atoms with van der Waals surface area (Å²) in [4.78, 5) is 17.2. The molecule has 3 rings (SSSR count). The molecule has 1 amide bonds. The number of piperazine rings is 1. The smallest absolute Gasteiger partial charge is 0.263 e. The summed E-state index contributed by atoms with van der Waals surface area (Å²) in [5.41, 5.74) is 4.62. The molecule has 156 valence electrons. The molecule has 0 aliphatic carbocycles. The van der Waals surface area contributed by atoms with Crippen LogP contribution in [-0.4, -0.2) is 43.1 Å². The van der Waals surface area contributed by atoms with Crippen molar-refractivity contribution in [2.45, 2.75) is 46.6 Å². The van der Waals surface area contributed by atoms with Crippen LogP contribution in [-0.2, 0) is 4.79 Å². The van der Waals surface area contributed by atoms with Gasteiger partial charge in [-0.25, -0.2) is 0 Å². The van der Waals surface area contributed by atoms with E-state index in [-0.39, 0.29) is 5.91 Å². The third-order valence-electron chi connectivity index (χ3n) is 5.55. The van der Waals surface area contributed by atoms with Gasteiger partial charge in [-0.3, -0.25) is 4.79 Å². The number of carbonyl (C=O) groups excluding carboxylic acids is 1. The zero-order chi connectivity index (χ0) is 21.1. The fourth-order valence-electron chi connectivity index (χ4n) is 3.81. The molecule has 1 aliphatic rings. The van der Waals surface area contributed by atoms with Crippen molar-refractivity contribution >= 4 is 23.2 Å². The Hall–Kier alpha value is -2.20. The Morgan fingerprint density at radius 3 is 2.34 bits per heavy atom. The van der Waals surface area contributed by atoms with Gasteiger partial charge in [-0.2, -0.15) is 0 Å². The molecule has 5 heteroatoms. The summed E-state index contributed by atoms with van der Waals surface area (Å²) in [6.45, 7) is 13.2. The minimum absolute atomic E-state index is 0.0451. The first-order valence-electron chi connectivity index (χ1n) is 10.3. The molecule has 29 heavy (non-hydrogen) atoms. The van der Waals surface area contributed by atoms with E-state index in [2.05, 4.69) is 37.8 Å². The fraction of sp³-hybridized carbons (Fsp3) is 0.458. The number of amides is 1. The summed E-state index contributed by atoms with van der Waals surface area (Å²) in [5.74, 6) is 1.20. The van der Waals surface area contributed by atoms with Crippen molar-refractivity contribution in [3.05, 3.63) is 58.1 Å². The van der Waals surface area contributed by atoms with Gasteiger partial charge in [0.2, 0.25) is 0 Å². The number of nitrogens with zero attached hydrogens (tertiary/aromatic N) is 2. The molecule has 1 atom stereocenters. The van der Waals surface area contributed by atoms with Crippen molar-refractivity contribution in [3.8, 4) is 5.75 Å². The van der Waals surface area contributed by atoms with Crippen molar-refractivity contribution in [2.75, 3.05) is 31.1 Å². The van der Waals surface area contributed by atoms with Crippen LogP contribution in [0.4, 0.5) is 5.69 Å². The lowest BCUT2D eigenvalue weighted by molar-refractivity contribution is -0.138. The van der Waals surface area contributed by atoms with E-state index in [1.165, 1.54) is 5.56 Å². The maximum Gasteiger partial charge on any atom is 0.263 e. The van der Waals surface area contributed by atoms with E-state index >= 15 is 0 Å². The molecule has 1 saturated heterocycles. The standard InChI is InChI=1S/C24H31ClN2O2/c1-16(2)21-9-6-17(3)14-23(21)29-19(5)24(28)27-12-10-26(11-13-27)22-15-20(25)8-7-18(22)4/h6-9,14-16,19H,10-13H2,1-5H3/t19-/m1/s1. The van der Waals surface area contributed by atoms with Gasteiger partial charge < -0.3 is 14.5 Å². The SMILES string of the molecule is Cc1ccc(C(C)C)c(O[C@H](C)C(=O)N2CCN(c3cc(Cl)ccc3C)CC2)c1. The number of ether oxygens (including phenoxy) is 1. The van der Waals surface area contributed by atoms with Crippen LogP contribution in [0.2, 0.25) is 5.02 Å². The van der Waals surface area contributed by atoms with E-state index in [1.807, 2.05) is 43.0 Å². The highest BCUT2D eigenvalue weighted by atomic mass is 35.5. The Labute approximate surface area is 179 Å². The van der Waals surface area contributed by atoms with E-state index in [0.29, 0.717) is 19.0 Å². The number of anilines is 1. The molecule has 0 radical (unpaired) electrons. The molecule has 0 bridgehead atoms. The average Bonchev–Trinajstić information content (AvgIpc) is 2.69. The molecule has 1 heterocycles. The van der Waals surface area contributed by atoms with Crippen LogP contribution in [0.3, 0.4) is 0 Å². The number of hydrogen-bond acceptors (Lipinski definition) is 3. The highest BCUT2D eigenvalue weighted by Gasteiger charge is 2.27. The maximum atomic E-state index is 13.0. The fourth-order valence-corrected chi connectivity index (χ4v) is 3.98. The van der Waals surface area contributed by atoms with Gasteiger partial charge in [-0.1, -0.05) is 43.6 Å². The van der Waals surface area contributed by atoms with Crippen molar-refractivity contribution in [2.24, 2.45) is 0 Å². The van der Waals surface area contributed by atoms with Gasteiger partial charge in [0.25, 0.3) is 5.91 Å². The molecule has 1 aliphatic heterocycles. The zero-order valence-corrected chi connectivity index (χ0v) is 18.8. The van der Waals surface area contributed by atoms with Crippen molar-refractivity contribution in [3.63, 3.8) is 0 Å². The van der Waals surface area contributed by atoms with Gasteiger partial charge in [0, 0.05) is 36.9 Å². The number of carbonyl (C=O) groups is 1. The largest absolute Gasteiger partial charge is 0.481 e. The van der Waals surface area contributed by atoms with E-state index in [4.69, 9.17) is 16.3 Å². The van der Waals surface area contributed by atoms with Crippen LogP contribution in [0.1, 0.15) is 43.4 Å². The number of benzene rings is 2. The van der Waals surface area contributed by atoms with Crippen molar-refractivity contribution < 1.29 is 9.53 Å². The minimum Gasteiger partial charge on any atom is -0.481 e. The number of rotatable bonds is 5. The third kappa shape index (κ3) is 5.05. The quantitative estimate of drug-likeness (QED) is 0.674. The van der Waals surface area contributed by atoms with Gasteiger partial charge in [-0.05, 0) is 61.6 Å². The lowest BCUT2D eigenvalue weighted by atomic mass is 10.0. The summed E-state index contributed by atoms with van der Waals surface area (Å²) in [6.07, 6.45) is -0.506. The van der Waals surface area contributed by atoms with E-state index < -0.39 is 6.10 Å². The molecule has 4 nitrogen and oxygen atoms in total. The molecule has 0 unspecified atom stereocenters. The highest BCUT2D eigenvalue weighted by molar-refractivity contribution is 6.30. The van der Waals surface area contributed by atoms with Crippen LogP contribution in [0.25, 0.3) is 0 Å². The van der Waals surface area contributed by atoms with Crippen LogP contribution in [0.5, 0.6) is 5.75 Å². The minimum atomic E-state index is -0.506. The predicted molar refractivity (Wildman–Crippen MR) is 120 cm³/mol. The van der Waals surface area contributed by atoms with Gasteiger partial charge in [-0.15, -0.1) is 0 Å². The topological polar surface area (TPSA) is 32.8 Å². The van der Waals surface area contributed by atoms with Crippen molar-refractivity contribution in [1.29, 1.82) is 0 Å². The van der Waals surface area contributed by atoms with E-state index in [0.717, 1.165) is 40.7 Å². The monoisotopic (exact) mass is 414 g/mol. The van der Waals surface area contributed by atoms with Crippen molar-refractivity contribution in [1.82, 2.24) is 4.90 Å². The lowest BCUT2D eigenvalue weighted by Gasteiger charge is -2.37. The molecular formula is C24H31ClN2O2. The normalized spacial score (nSPS) is 15.6. The Kier molecular flexibility index (Phi) is 6.74. The summed E-state index contributed by atoms with van der Waals surface area (Å²) >= 11 is 6.17. The maximum absolute atomic E-state index is 13.0. The second kappa shape index (κ2) is 9.08. The Morgan fingerprint density at radius 2 is 1.69 bits per heavy atom. The zero-order valence-electron chi connectivity index (χ0n) is 18.0. The number of hydrogen-bond donors (Lipinski definition) is 0. The Morgan fingerprint density at radius 1 is 1.00 bits per heavy atom. The van der Waals surface area contributed by atoms with E-state index in [1.54, 1.807) is 0 Å². The van der Waals surface area contributed by atoms with Crippen LogP contribution >= 0.6 is 11.6 Å². The van der Waals surface area contributed by atoms with Gasteiger partial charge >= 0.3 is 0 Å². The molecule has 0 spiro atoms.